The van der Waals surface area contributed by atoms with Gasteiger partial charge < -0.3 is 10.2 Å². The molecule has 6 aromatic carbocycles. The average molecular weight is 857 g/mol. The van der Waals surface area contributed by atoms with Crippen molar-refractivity contribution < 1.29 is 0 Å². The first kappa shape index (κ1) is 43.9. The predicted octanol–water partition coefficient (Wildman–Crippen LogP) is 15.6. The fourth-order valence-corrected chi connectivity index (χ4v) is 12.4. The Labute approximate surface area is 392 Å². The molecule has 2 nitrogen and oxygen atoms in total. The molecule has 0 radical (unpaired) electrons. The fourth-order valence-electron chi connectivity index (χ4n) is 12.4. The minimum absolute atomic E-state index is 0.0657. The van der Waals surface area contributed by atoms with Crippen molar-refractivity contribution in [2.24, 2.45) is 0 Å². The molecule has 0 amide bonds. The first-order valence-corrected chi connectivity index (χ1v) is 24.9. The van der Waals surface area contributed by atoms with E-state index in [4.69, 9.17) is 0 Å². The lowest BCUT2D eigenvalue weighted by Crippen LogP contribution is -2.44. The van der Waals surface area contributed by atoms with E-state index in [1.54, 1.807) is 0 Å². The molecule has 0 spiro atoms. The maximum atomic E-state index is 4.06. The summed E-state index contributed by atoms with van der Waals surface area (Å²) < 4.78 is 0. The Morgan fingerprint density at radius 1 is 0.431 bits per heavy atom. The van der Waals surface area contributed by atoms with E-state index >= 15 is 0 Å². The molecule has 3 aliphatic carbocycles. The Kier molecular flexibility index (Phi) is 9.95. The van der Waals surface area contributed by atoms with Crippen molar-refractivity contribution >= 4 is 46.6 Å². The van der Waals surface area contributed by atoms with Gasteiger partial charge in [-0.3, -0.25) is 0 Å². The molecule has 10 rings (SSSR count). The highest BCUT2D eigenvalue weighted by molar-refractivity contribution is 6.73. The van der Waals surface area contributed by atoms with Crippen molar-refractivity contribution in [3.05, 3.63) is 148 Å². The van der Waals surface area contributed by atoms with Crippen LogP contribution >= 0.6 is 0 Å². The fraction of sp³-hybridized carbons (Fsp3) is 0.419. The number of rotatable bonds is 5. The molecule has 3 heteroatoms. The summed E-state index contributed by atoms with van der Waals surface area (Å²) in [7, 11) is 0.889. The second kappa shape index (κ2) is 14.7. The van der Waals surface area contributed by atoms with Crippen LogP contribution in [0.4, 0.5) is 28.4 Å². The molecule has 0 unspecified atom stereocenters. The molecule has 4 aliphatic rings. The number of hydrogen-bond acceptors (Lipinski definition) is 2. The lowest BCUT2D eigenvalue weighted by molar-refractivity contribution is 0.331. The molecule has 1 heterocycles. The summed E-state index contributed by atoms with van der Waals surface area (Å²) in [6.45, 7) is 34.3. The molecule has 1 aliphatic heterocycles. The largest absolute Gasteiger partial charge is 0.355 e. The van der Waals surface area contributed by atoms with Crippen molar-refractivity contribution in [1.29, 1.82) is 0 Å². The number of hydrogen-bond donors (Lipinski definition) is 1. The summed E-state index contributed by atoms with van der Waals surface area (Å²) in [5.41, 5.74) is 26.6. The smallest absolute Gasteiger partial charge is 0.198 e. The van der Waals surface area contributed by atoms with Gasteiger partial charge >= 0.3 is 0 Å². The molecule has 0 atom stereocenters. The van der Waals surface area contributed by atoms with Gasteiger partial charge in [-0.1, -0.05) is 149 Å². The highest BCUT2D eigenvalue weighted by Gasteiger charge is 2.43. The normalized spacial score (nSPS) is 20.0. The minimum atomic E-state index is 0.0657. The van der Waals surface area contributed by atoms with Crippen molar-refractivity contribution in [1.82, 2.24) is 0 Å². The van der Waals surface area contributed by atoms with E-state index in [1.807, 2.05) is 0 Å². The van der Waals surface area contributed by atoms with Crippen molar-refractivity contribution in [2.45, 2.75) is 168 Å². The summed E-state index contributed by atoms with van der Waals surface area (Å²) in [6.07, 6.45) is 7.16. The zero-order valence-corrected chi connectivity index (χ0v) is 42.2. The van der Waals surface area contributed by atoms with E-state index in [1.165, 1.54) is 139 Å². The topological polar surface area (TPSA) is 15.3 Å². The highest BCUT2D eigenvalue weighted by Crippen LogP contribution is 2.53. The van der Waals surface area contributed by atoms with Crippen LogP contribution in [0, 0.1) is 13.8 Å². The monoisotopic (exact) mass is 857 g/mol. The zero-order valence-electron chi connectivity index (χ0n) is 42.2. The van der Waals surface area contributed by atoms with Crippen molar-refractivity contribution in [3.8, 4) is 22.3 Å². The Hall–Kier alpha value is -5.02. The number of nitrogens with zero attached hydrogens (tertiary/aromatic N) is 1. The Morgan fingerprint density at radius 2 is 0.892 bits per heavy atom. The van der Waals surface area contributed by atoms with Crippen LogP contribution in [-0.4, -0.2) is 7.28 Å². The molecule has 0 fully saturated rings. The SMILES string of the molecule is Cc1cc(-c2cc3c(cc2Nc2ccc(-c4ccccc4)cc2)C(C)(C)CCC3(C)C)c2c(c1)N(c1cc3c(cc1C)C(C)(C)CCC3(C)C)c1cc3c(cc1B2)C(C)(C)CCC3(C)C. The molecule has 334 valence electrons. The number of fused-ring (bicyclic) bond motifs is 5. The van der Waals surface area contributed by atoms with Gasteiger partial charge in [-0.15, -0.1) is 0 Å². The summed E-state index contributed by atoms with van der Waals surface area (Å²) in [4.78, 5) is 2.72. The maximum absolute atomic E-state index is 4.06. The van der Waals surface area contributed by atoms with Crippen LogP contribution in [0.1, 0.15) is 166 Å². The van der Waals surface area contributed by atoms with Crippen molar-refractivity contribution in [2.75, 3.05) is 10.2 Å². The third-order valence-electron chi connectivity index (χ3n) is 17.2. The number of aryl methyl sites for hydroxylation is 2. The number of benzene rings is 6. The van der Waals surface area contributed by atoms with Crippen LogP contribution in [0.15, 0.2) is 103 Å². The lowest BCUT2D eigenvalue weighted by Gasteiger charge is -2.46. The highest BCUT2D eigenvalue weighted by atomic mass is 15.2. The van der Waals surface area contributed by atoms with E-state index in [0.717, 1.165) is 13.0 Å². The van der Waals surface area contributed by atoms with Crippen molar-refractivity contribution in [3.63, 3.8) is 0 Å². The molecule has 1 N–H and O–H groups in total. The summed E-state index contributed by atoms with van der Waals surface area (Å²) in [5.74, 6) is 0. The van der Waals surface area contributed by atoms with Gasteiger partial charge in [0, 0.05) is 34.0 Å². The quantitative estimate of drug-likeness (QED) is 0.174. The Morgan fingerprint density at radius 3 is 1.45 bits per heavy atom. The molecule has 6 aromatic rings. The van der Waals surface area contributed by atoms with Gasteiger partial charge in [0.15, 0.2) is 7.28 Å². The second-order valence-corrected chi connectivity index (χ2v) is 24.8. The van der Waals surface area contributed by atoms with Gasteiger partial charge in [0.1, 0.15) is 0 Å². The van der Waals surface area contributed by atoms with Crippen LogP contribution in [-0.2, 0) is 32.5 Å². The molecule has 0 saturated carbocycles. The third kappa shape index (κ3) is 7.30. The molecular weight excluding hydrogens is 784 g/mol. The lowest BCUT2D eigenvalue weighted by atomic mass is 9.54. The third-order valence-corrected chi connectivity index (χ3v) is 17.2. The standard InChI is InChI=1S/C62H73BN2/c1-38-30-44(43-33-46-48(60(9,10)27-25-58(46,5)6)35-52(43)64-42-22-20-41(21-23-42)40-18-16-15-17-19-40)56-55(31-38)65(53-36-49-45(32-39(53)2)57(3,4)24-28-61(49,11)12)54-37-50-47(34-51(54)63-56)59(7,8)26-29-62(50,13)14/h15-23,30-37,63-64H,24-29H2,1-14H3. The van der Waals surface area contributed by atoms with E-state index in [0.29, 0.717) is 0 Å². The van der Waals surface area contributed by atoms with Crippen LogP contribution in [0.25, 0.3) is 22.3 Å². The van der Waals surface area contributed by atoms with Gasteiger partial charge in [-0.05, 0) is 194 Å². The van der Waals surface area contributed by atoms with E-state index in [-0.39, 0.29) is 32.5 Å². The summed E-state index contributed by atoms with van der Waals surface area (Å²) in [5, 5.41) is 4.06. The van der Waals surface area contributed by atoms with Gasteiger partial charge in [0.25, 0.3) is 0 Å². The first-order valence-electron chi connectivity index (χ1n) is 24.9. The van der Waals surface area contributed by atoms with Gasteiger partial charge in [0.2, 0.25) is 0 Å². The van der Waals surface area contributed by atoms with E-state index in [9.17, 15) is 0 Å². The van der Waals surface area contributed by atoms with E-state index in [2.05, 4.69) is 210 Å². The second-order valence-electron chi connectivity index (χ2n) is 24.8. The summed E-state index contributed by atoms with van der Waals surface area (Å²) in [6, 6.07) is 40.4. The molecule has 0 saturated heterocycles. The van der Waals surface area contributed by atoms with Gasteiger partial charge in [-0.2, -0.15) is 0 Å². The first-order chi connectivity index (χ1) is 30.5. The number of nitrogens with one attached hydrogen (secondary N) is 1. The van der Waals surface area contributed by atoms with Crippen LogP contribution in [0.3, 0.4) is 0 Å². The Balaban J connectivity index is 1.23. The minimum Gasteiger partial charge on any atom is -0.355 e. The van der Waals surface area contributed by atoms with Crippen LogP contribution in [0.2, 0.25) is 0 Å². The predicted molar refractivity (Wildman–Crippen MR) is 283 cm³/mol. The summed E-state index contributed by atoms with van der Waals surface area (Å²) >= 11 is 0. The Bertz CT molecular complexity index is 2860. The van der Waals surface area contributed by atoms with E-state index < -0.39 is 0 Å². The van der Waals surface area contributed by atoms with Crippen LogP contribution in [0.5, 0.6) is 0 Å². The average Bonchev–Trinajstić information content (AvgIpc) is 3.25. The molecule has 0 aromatic heterocycles. The molecule has 65 heavy (non-hydrogen) atoms. The zero-order chi connectivity index (χ0) is 46.2. The molecule has 0 bridgehead atoms. The van der Waals surface area contributed by atoms with Crippen LogP contribution < -0.4 is 21.1 Å². The number of anilines is 5. The molecular formula is C62H73BN2. The van der Waals surface area contributed by atoms with Gasteiger partial charge in [-0.25, -0.2) is 0 Å². The van der Waals surface area contributed by atoms with Gasteiger partial charge in [0.05, 0.1) is 0 Å². The maximum Gasteiger partial charge on any atom is 0.198 e.